The first-order valence-electron chi connectivity index (χ1n) is 6.04. The molecular formula is C13H16FN3. The maximum absolute atomic E-state index is 13.1. The van der Waals surface area contributed by atoms with E-state index in [9.17, 15) is 4.39 Å². The molecule has 0 atom stereocenters. The zero-order valence-corrected chi connectivity index (χ0v) is 9.93. The summed E-state index contributed by atoms with van der Waals surface area (Å²) < 4.78 is 15.3. The van der Waals surface area contributed by atoms with E-state index in [4.69, 9.17) is 0 Å². The molecule has 3 nitrogen and oxygen atoms in total. The number of fused-ring (bicyclic) bond motifs is 1. The summed E-state index contributed by atoms with van der Waals surface area (Å²) in [5.41, 5.74) is 1.80. The highest BCUT2D eigenvalue weighted by molar-refractivity contribution is 5.75. The number of likely N-dealkylation sites (tertiary alicyclic amines) is 1. The summed E-state index contributed by atoms with van der Waals surface area (Å²) in [6.07, 6.45) is 4.12. The third kappa shape index (κ3) is 1.93. The smallest absolute Gasteiger partial charge is 0.125 e. The van der Waals surface area contributed by atoms with Crippen LogP contribution in [0.5, 0.6) is 0 Å². The summed E-state index contributed by atoms with van der Waals surface area (Å²) in [5, 5.41) is 0. The van der Waals surface area contributed by atoms with Crippen LogP contribution in [0.1, 0.15) is 18.9 Å². The van der Waals surface area contributed by atoms with Gasteiger partial charge in [-0.25, -0.2) is 9.37 Å². The number of hydrogen-bond acceptors (Lipinski definition) is 2. The molecule has 1 aliphatic rings. The topological polar surface area (TPSA) is 21.1 Å². The Morgan fingerprint density at radius 2 is 2.06 bits per heavy atom. The Bertz CT molecular complexity index is 526. The van der Waals surface area contributed by atoms with Crippen molar-refractivity contribution >= 4 is 11.0 Å². The number of nitrogens with zero attached hydrogens (tertiary/aromatic N) is 3. The van der Waals surface area contributed by atoms with Crippen LogP contribution in [-0.2, 0) is 0 Å². The summed E-state index contributed by atoms with van der Waals surface area (Å²) in [5.74, 6) is -0.217. The molecule has 90 valence electrons. The fourth-order valence-electron chi connectivity index (χ4n) is 2.57. The van der Waals surface area contributed by atoms with Crippen molar-refractivity contribution in [2.45, 2.75) is 18.9 Å². The van der Waals surface area contributed by atoms with Crippen molar-refractivity contribution in [1.82, 2.24) is 14.5 Å². The van der Waals surface area contributed by atoms with Crippen LogP contribution >= 0.6 is 0 Å². The molecule has 2 heterocycles. The van der Waals surface area contributed by atoms with E-state index >= 15 is 0 Å². The van der Waals surface area contributed by atoms with Gasteiger partial charge in [-0.05, 0) is 45.1 Å². The maximum Gasteiger partial charge on any atom is 0.125 e. The minimum absolute atomic E-state index is 0.217. The van der Waals surface area contributed by atoms with Crippen LogP contribution in [0, 0.1) is 5.82 Å². The Kier molecular flexibility index (Phi) is 2.59. The van der Waals surface area contributed by atoms with Crippen LogP contribution in [0.4, 0.5) is 4.39 Å². The number of rotatable bonds is 1. The van der Waals surface area contributed by atoms with Gasteiger partial charge in [-0.15, -0.1) is 0 Å². The molecule has 0 radical (unpaired) electrons. The van der Waals surface area contributed by atoms with Crippen LogP contribution < -0.4 is 0 Å². The zero-order valence-electron chi connectivity index (χ0n) is 9.93. The molecular weight excluding hydrogens is 217 g/mol. The molecule has 1 aliphatic heterocycles. The number of aromatic nitrogens is 2. The van der Waals surface area contributed by atoms with E-state index in [0.717, 1.165) is 37.0 Å². The van der Waals surface area contributed by atoms with E-state index in [-0.39, 0.29) is 5.82 Å². The van der Waals surface area contributed by atoms with Gasteiger partial charge in [-0.3, -0.25) is 0 Å². The van der Waals surface area contributed by atoms with Gasteiger partial charge in [-0.1, -0.05) is 0 Å². The van der Waals surface area contributed by atoms with Crippen molar-refractivity contribution in [3.63, 3.8) is 0 Å². The van der Waals surface area contributed by atoms with Crippen LogP contribution in [0.15, 0.2) is 24.5 Å². The lowest BCUT2D eigenvalue weighted by Crippen LogP contribution is -2.31. The summed E-state index contributed by atoms with van der Waals surface area (Å²) in [4.78, 5) is 6.63. The molecule has 0 saturated carbocycles. The van der Waals surface area contributed by atoms with Gasteiger partial charge < -0.3 is 9.47 Å². The van der Waals surface area contributed by atoms with Gasteiger partial charge in [0, 0.05) is 12.1 Å². The van der Waals surface area contributed by atoms with E-state index in [2.05, 4.69) is 21.5 Å². The Labute approximate surface area is 99.9 Å². The first kappa shape index (κ1) is 10.7. The molecule has 3 rings (SSSR count). The summed E-state index contributed by atoms with van der Waals surface area (Å²) in [7, 11) is 2.15. The Hall–Kier alpha value is -1.42. The highest BCUT2D eigenvalue weighted by atomic mass is 19.1. The number of benzene rings is 1. The highest BCUT2D eigenvalue weighted by Gasteiger charge is 2.19. The molecule has 0 unspecified atom stereocenters. The van der Waals surface area contributed by atoms with Gasteiger partial charge in [0.15, 0.2) is 0 Å². The van der Waals surface area contributed by atoms with Gasteiger partial charge in [0.05, 0.1) is 17.4 Å². The molecule has 0 aliphatic carbocycles. The molecule has 0 N–H and O–H groups in total. The summed E-state index contributed by atoms with van der Waals surface area (Å²) >= 11 is 0. The molecule has 4 heteroatoms. The Morgan fingerprint density at radius 3 is 2.82 bits per heavy atom. The number of imidazole rings is 1. The predicted octanol–water partition coefficient (Wildman–Crippen LogP) is 2.44. The summed E-state index contributed by atoms with van der Waals surface area (Å²) in [6.45, 7) is 2.23. The zero-order chi connectivity index (χ0) is 11.8. The van der Waals surface area contributed by atoms with E-state index in [1.54, 1.807) is 0 Å². The lowest BCUT2D eigenvalue weighted by atomic mass is 10.1. The SMILES string of the molecule is CN1CCC(n2cnc3cc(F)ccc32)CC1. The lowest BCUT2D eigenvalue weighted by molar-refractivity contribution is 0.223. The Balaban J connectivity index is 1.95. The highest BCUT2D eigenvalue weighted by Crippen LogP contribution is 2.26. The average molecular weight is 233 g/mol. The van der Waals surface area contributed by atoms with E-state index < -0.39 is 0 Å². The van der Waals surface area contributed by atoms with Gasteiger partial charge in [0.25, 0.3) is 0 Å². The monoisotopic (exact) mass is 233 g/mol. The second kappa shape index (κ2) is 4.11. The van der Waals surface area contributed by atoms with Gasteiger partial charge >= 0.3 is 0 Å². The number of piperidine rings is 1. The Morgan fingerprint density at radius 1 is 1.29 bits per heavy atom. The van der Waals surface area contributed by atoms with Crippen molar-refractivity contribution in [2.24, 2.45) is 0 Å². The predicted molar refractivity (Wildman–Crippen MR) is 65.5 cm³/mol. The van der Waals surface area contributed by atoms with Crippen LogP contribution in [0.25, 0.3) is 11.0 Å². The van der Waals surface area contributed by atoms with E-state index in [0.29, 0.717) is 6.04 Å². The normalized spacial score (nSPS) is 18.9. The quantitative estimate of drug-likeness (QED) is 0.754. The minimum Gasteiger partial charge on any atom is -0.327 e. The molecule has 0 bridgehead atoms. The second-order valence-electron chi connectivity index (χ2n) is 4.82. The minimum atomic E-state index is -0.217. The molecule has 17 heavy (non-hydrogen) atoms. The number of hydrogen-bond donors (Lipinski definition) is 0. The molecule has 1 aromatic carbocycles. The first-order valence-corrected chi connectivity index (χ1v) is 6.04. The van der Waals surface area contributed by atoms with Crippen LogP contribution in [0.3, 0.4) is 0 Å². The first-order chi connectivity index (χ1) is 8.24. The van der Waals surface area contributed by atoms with Crippen LogP contribution in [-0.4, -0.2) is 34.6 Å². The molecule has 1 saturated heterocycles. The molecule has 2 aromatic rings. The van der Waals surface area contributed by atoms with Crippen molar-refractivity contribution in [1.29, 1.82) is 0 Å². The fourth-order valence-corrected chi connectivity index (χ4v) is 2.57. The van der Waals surface area contributed by atoms with Crippen LogP contribution in [0.2, 0.25) is 0 Å². The molecule has 1 aromatic heterocycles. The third-order valence-electron chi connectivity index (χ3n) is 3.62. The standard InChI is InChI=1S/C13H16FN3/c1-16-6-4-11(5-7-16)17-9-15-12-8-10(14)2-3-13(12)17/h2-3,8-9,11H,4-7H2,1H3. The van der Waals surface area contributed by atoms with Crippen molar-refractivity contribution in [2.75, 3.05) is 20.1 Å². The third-order valence-corrected chi connectivity index (χ3v) is 3.62. The van der Waals surface area contributed by atoms with Gasteiger partial charge in [0.2, 0.25) is 0 Å². The van der Waals surface area contributed by atoms with Crippen molar-refractivity contribution in [3.8, 4) is 0 Å². The lowest BCUT2D eigenvalue weighted by Gasteiger charge is -2.30. The van der Waals surface area contributed by atoms with Gasteiger partial charge in [0.1, 0.15) is 5.82 Å². The van der Waals surface area contributed by atoms with Crippen molar-refractivity contribution < 1.29 is 4.39 Å². The summed E-state index contributed by atoms with van der Waals surface area (Å²) in [6, 6.07) is 5.34. The van der Waals surface area contributed by atoms with E-state index in [1.165, 1.54) is 12.1 Å². The van der Waals surface area contributed by atoms with Crippen molar-refractivity contribution in [3.05, 3.63) is 30.3 Å². The largest absolute Gasteiger partial charge is 0.327 e. The average Bonchev–Trinajstić information content (AvgIpc) is 2.73. The molecule has 1 fully saturated rings. The van der Waals surface area contributed by atoms with E-state index in [1.807, 2.05) is 12.4 Å². The van der Waals surface area contributed by atoms with Gasteiger partial charge in [-0.2, -0.15) is 0 Å². The molecule has 0 spiro atoms. The molecule has 0 amide bonds. The fraction of sp³-hybridized carbons (Fsp3) is 0.462. The maximum atomic E-state index is 13.1. The number of halogens is 1. The second-order valence-corrected chi connectivity index (χ2v) is 4.82.